The molecule has 3 rings (SSSR count). The third-order valence-electron chi connectivity index (χ3n) is 4.17. The van der Waals surface area contributed by atoms with Gasteiger partial charge in [0.15, 0.2) is 0 Å². The number of benzene rings is 2. The quantitative estimate of drug-likeness (QED) is 0.700. The van der Waals surface area contributed by atoms with E-state index in [4.69, 9.17) is 0 Å². The maximum atomic E-state index is 9.57. The summed E-state index contributed by atoms with van der Waals surface area (Å²) in [5.74, 6) is 1.38. The molecule has 0 fully saturated rings. The van der Waals surface area contributed by atoms with Gasteiger partial charge in [-0.3, -0.25) is 0 Å². The molecule has 2 aromatic carbocycles. The molecule has 3 aromatic rings. The van der Waals surface area contributed by atoms with Gasteiger partial charge in [-0.1, -0.05) is 42.5 Å². The van der Waals surface area contributed by atoms with Crippen LogP contribution in [0, 0.1) is 0 Å². The van der Waals surface area contributed by atoms with Crippen LogP contribution in [0.1, 0.15) is 29.9 Å². The molecule has 0 saturated heterocycles. The van der Waals surface area contributed by atoms with Crippen molar-refractivity contribution in [2.24, 2.45) is 0 Å². The molecule has 124 valence electrons. The van der Waals surface area contributed by atoms with Crippen molar-refractivity contribution < 1.29 is 5.11 Å². The molecular formula is C20H23N3O. The number of imidazole rings is 1. The minimum atomic E-state index is 0.189. The van der Waals surface area contributed by atoms with Crippen molar-refractivity contribution >= 4 is 0 Å². The average Bonchev–Trinajstić information content (AvgIpc) is 3.03. The average molecular weight is 321 g/mol. The zero-order valence-electron chi connectivity index (χ0n) is 13.9. The van der Waals surface area contributed by atoms with Gasteiger partial charge in [-0.2, -0.15) is 0 Å². The van der Waals surface area contributed by atoms with E-state index in [1.165, 1.54) is 5.56 Å². The first-order valence-corrected chi connectivity index (χ1v) is 8.28. The van der Waals surface area contributed by atoms with Crippen molar-refractivity contribution in [3.63, 3.8) is 0 Å². The van der Waals surface area contributed by atoms with E-state index < -0.39 is 0 Å². The van der Waals surface area contributed by atoms with E-state index in [0.29, 0.717) is 5.75 Å². The van der Waals surface area contributed by atoms with Crippen molar-refractivity contribution in [2.45, 2.75) is 25.9 Å². The molecule has 0 amide bonds. The predicted octanol–water partition coefficient (Wildman–Crippen LogP) is 3.53. The number of rotatable bonds is 7. The molecule has 2 N–H and O–H groups in total. The summed E-state index contributed by atoms with van der Waals surface area (Å²) in [6.07, 6.45) is 4.75. The number of hydrogen-bond acceptors (Lipinski definition) is 3. The van der Waals surface area contributed by atoms with Gasteiger partial charge in [0.1, 0.15) is 11.6 Å². The van der Waals surface area contributed by atoms with E-state index in [1.807, 2.05) is 30.6 Å². The molecule has 4 heteroatoms. The Morgan fingerprint density at radius 1 is 1.12 bits per heavy atom. The van der Waals surface area contributed by atoms with Crippen LogP contribution in [0.25, 0.3) is 0 Å². The topological polar surface area (TPSA) is 50.1 Å². The SMILES string of the molecule is CC(NCCc1nccn1Cc1ccccc1)c1cccc(O)c1. The summed E-state index contributed by atoms with van der Waals surface area (Å²) in [6, 6.07) is 18.0. The number of nitrogens with zero attached hydrogens (tertiary/aromatic N) is 2. The molecule has 0 radical (unpaired) electrons. The smallest absolute Gasteiger partial charge is 0.115 e. The Bertz CT molecular complexity index is 767. The molecule has 0 aliphatic carbocycles. The van der Waals surface area contributed by atoms with Crippen LogP contribution >= 0.6 is 0 Å². The largest absolute Gasteiger partial charge is 0.508 e. The lowest BCUT2D eigenvalue weighted by Gasteiger charge is -2.15. The highest BCUT2D eigenvalue weighted by Gasteiger charge is 2.07. The van der Waals surface area contributed by atoms with Crippen LogP contribution in [0.2, 0.25) is 0 Å². The molecule has 1 heterocycles. The van der Waals surface area contributed by atoms with Crippen molar-refractivity contribution in [2.75, 3.05) is 6.54 Å². The maximum Gasteiger partial charge on any atom is 0.115 e. The van der Waals surface area contributed by atoms with Gasteiger partial charge >= 0.3 is 0 Å². The number of aromatic hydroxyl groups is 1. The molecular weight excluding hydrogens is 298 g/mol. The highest BCUT2D eigenvalue weighted by atomic mass is 16.3. The molecule has 1 unspecified atom stereocenters. The molecule has 0 bridgehead atoms. The third-order valence-corrected chi connectivity index (χ3v) is 4.17. The zero-order valence-corrected chi connectivity index (χ0v) is 13.9. The summed E-state index contributed by atoms with van der Waals surface area (Å²) in [6.45, 7) is 3.78. The van der Waals surface area contributed by atoms with Gasteiger partial charge in [0, 0.05) is 37.9 Å². The Morgan fingerprint density at radius 2 is 1.96 bits per heavy atom. The van der Waals surface area contributed by atoms with Crippen LogP contribution in [-0.4, -0.2) is 21.2 Å². The first kappa shape index (κ1) is 16.3. The molecule has 24 heavy (non-hydrogen) atoms. The first-order valence-electron chi connectivity index (χ1n) is 8.28. The van der Waals surface area contributed by atoms with Gasteiger partial charge in [-0.05, 0) is 30.2 Å². The van der Waals surface area contributed by atoms with E-state index >= 15 is 0 Å². The zero-order chi connectivity index (χ0) is 16.8. The predicted molar refractivity (Wildman–Crippen MR) is 96.0 cm³/mol. The Balaban J connectivity index is 1.55. The van der Waals surface area contributed by atoms with E-state index in [9.17, 15) is 5.11 Å². The van der Waals surface area contributed by atoms with Crippen molar-refractivity contribution in [3.8, 4) is 5.75 Å². The number of hydrogen-bond donors (Lipinski definition) is 2. The Hall–Kier alpha value is -2.59. The minimum Gasteiger partial charge on any atom is -0.508 e. The molecule has 0 spiro atoms. The van der Waals surface area contributed by atoms with Crippen LogP contribution in [-0.2, 0) is 13.0 Å². The van der Waals surface area contributed by atoms with Crippen LogP contribution in [0.3, 0.4) is 0 Å². The Kier molecular flexibility index (Phi) is 5.29. The summed E-state index contributed by atoms with van der Waals surface area (Å²) in [5, 5.41) is 13.1. The minimum absolute atomic E-state index is 0.189. The highest BCUT2D eigenvalue weighted by molar-refractivity contribution is 5.29. The fraction of sp³-hybridized carbons (Fsp3) is 0.250. The number of aromatic nitrogens is 2. The number of phenolic OH excluding ortho intramolecular Hbond substituents is 1. The second kappa shape index (κ2) is 7.79. The maximum absolute atomic E-state index is 9.57. The van der Waals surface area contributed by atoms with Gasteiger partial charge in [0.05, 0.1) is 0 Å². The normalized spacial score (nSPS) is 12.2. The lowest BCUT2D eigenvalue weighted by Crippen LogP contribution is -2.22. The lowest BCUT2D eigenvalue weighted by molar-refractivity contribution is 0.472. The first-order chi connectivity index (χ1) is 11.7. The Labute approximate surface area is 142 Å². The summed E-state index contributed by atoms with van der Waals surface area (Å²) >= 11 is 0. The summed E-state index contributed by atoms with van der Waals surface area (Å²) in [5.41, 5.74) is 2.36. The van der Waals surface area contributed by atoms with Crippen molar-refractivity contribution in [3.05, 3.63) is 83.9 Å². The second-order valence-electron chi connectivity index (χ2n) is 5.98. The highest BCUT2D eigenvalue weighted by Crippen LogP contribution is 2.17. The van der Waals surface area contributed by atoms with Gasteiger partial charge in [-0.15, -0.1) is 0 Å². The monoisotopic (exact) mass is 321 g/mol. The van der Waals surface area contributed by atoms with Gasteiger partial charge < -0.3 is 15.0 Å². The van der Waals surface area contributed by atoms with Crippen molar-refractivity contribution in [1.29, 1.82) is 0 Å². The van der Waals surface area contributed by atoms with Crippen LogP contribution in [0.5, 0.6) is 5.75 Å². The van der Waals surface area contributed by atoms with E-state index in [0.717, 1.165) is 30.9 Å². The Morgan fingerprint density at radius 3 is 2.75 bits per heavy atom. The molecule has 1 atom stereocenters. The number of phenols is 1. The van der Waals surface area contributed by atoms with Gasteiger partial charge in [-0.25, -0.2) is 4.98 Å². The van der Waals surface area contributed by atoms with Gasteiger partial charge in [0.25, 0.3) is 0 Å². The van der Waals surface area contributed by atoms with Crippen LogP contribution in [0.15, 0.2) is 67.0 Å². The fourth-order valence-electron chi connectivity index (χ4n) is 2.80. The van der Waals surface area contributed by atoms with Crippen LogP contribution < -0.4 is 5.32 Å². The number of nitrogens with one attached hydrogen (secondary N) is 1. The molecule has 0 aliphatic rings. The van der Waals surface area contributed by atoms with Crippen molar-refractivity contribution in [1.82, 2.24) is 14.9 Å². The summed E-state index contributed by atoms with van der Waals surface area (Å²) < 4.78 is 2.19. The van der Waals surface area contributed by atoms with Gasteiger partial charge in [0.2, 0.25) is 0 Å². The molecule has 0 aliphatic heterocycles. The fourth-order valence-corrected chi connectivity index (χ4v) is 2.80. The lowest BCUT2D eigenvalue weighted by atomic mass is 10.1. The molecule has 4 nitrogen and oxygen atoms in total. The van der Waals surface area contributed by atoms with E-state index in [-0.39, 0.29) is 6.04 Å². The molecule has 1 aromatic heterocycles. The van der Waals surface area contributed by atoms with E-state index in [2.05, 4.69) is 46.1 Å². The van der Waals surface area contributed by atoms with E-state index in [1.54, 1.807) is 12.1 Å². The second-order valence-corrected chi connectivity index (χ2v) is 5.98. The van der Waals surface area contributed by atoms with Crippen LogP contribution in [0.4, 0.5) is 0 Å². The molecule has 0 saturated carbocycles. The summed E-state index contributed by atoms with van der Waals surface area (Å²) in [7, 11) is 0. The standard InChI is InChI=1S/C20H23N3O/c1-16(18-8-5-9-19(24)14-18)21-11-10-20-22-12-13-23(20)15-17-6-3-2-4-7-17/h2-9,12-14,16,21,24H,10-11,15H2,1H3. The third kappa shape index (κ3) is 4.24. The summed E-state index contributed by atoms with van der Waals surface area (Å²) in [4.78, 5) is 4.48.